The van der Waals surface area contributed by atoms with Crippen LogP contribution >= 0.6 is 11.6 Å². The SMILES string of the molecule is CCC(=O)N[C@@H]1CCc2c(-c3ccc(Cl)c(F)c3)cncc21. The first-order chi connectivity index (χ1) is 10.6. The van der Waals surface area contributed by atoms with Gasteiger partial charge in [0.05, 0.1) is 11.1 Å². The lowest BCUT2D eigenvalue weighted by atomic mass is 9.99. The average Bonchev–Trinajstić information content (AvgIpc) is 2.93. The fourth-order valence-corrected chi connectivity index (χ4v) is 3.00. The topological polar surface area (TPSA) is 42.0 Å². The number of fused-ring (bicyclic) bond motifs is 1. The summed E-state index contributed by atoms with van der Waals surface area (Å²) in [6.07, 6.45) is 5.67. The molecule has 2 aromatic rings. The molecule has 1 aliphatic carbocycles. The van der Waals surface area contributed by atoms with Gasteiger partial charge in [-0.25, -0.2) is 4.39 Å². The summed E-state index contributed by atoms with van der Waals surface area (Å²) in [5, 5.41) is 3.12. The predicted octanol–water partition coefficient (Wildman–Crippen LogP) is 4.05. The van der Waals surface area contributed by atoms with E-state index in [1.807, 2.05) is 6.92 Å². The van der Waals surface area contributed by atoms with E-state index in [-0.39, 0.29) is 17.0 Å². The molecule has 3 nitrogen and oxygen atoms in total. The average molecular weight is 319 g/mol. The number of hydrogen-bond donors (Lipinski definition) is 1. The lowest BCUT2D eigenvalue weighted by molar-refractivity contribution is -0.121. The van der Waals surface area contributed by atoms with E-state index in [0.29, 0.717) is 6.42 Å². The molecular weight excluding hydrogens is 303 g/mol. The Bertz CT molecular complexity index is 733. The number of nitrogens with zero attached hydrogens (tertiary/aromatic N) is 1. The third kappa shape index (κ3) is 2.71. The molecule has 1 atom stereocenters. The van der Waals surface area contributed by atoms with Gasteiger partial charge >= 0.3 is 0 Å². The summed E-state index contributed by atoms with van der Waals surface area (Å²) in [5.41, 5.74) is 3.81. The first-order valence-electron chi connectivity index (χ1n) is 7.31. The molecule has 0 fully saturated rings. The van der Waals surface area contributed by atoms with Gasteiger partial charge in [0.2, 0.25) is 5.91 Å². The van der Waals surface area contributed by atoms with E-state index in [9.17, 15) is 9.18 Å². The van der Waals surface area contributed by atoms with Crippen LogP contribution in [0.25, 0.3) is 11.1 Å². The standard InChI is InChI=1S/C17H16ClFN2O/c1-2-17(22)21-16-6-4-11-12(8-20-9-13(11)16)10-3-5-14(18)15(19)7-10/h3,5,7-9,16H,2,4,6H2,1H3,(H,21,22)/t16-/m1/s1. The molecule has 1 aromatic heterocycles. The monoisotopic (exact) mass is 318 g/mol. The molecule has 1 amide bonds. The van der Waals surface area contributed by atoms with E-state index in [1.165, 1.54) is 6.07 Å². The molecule has 1 aromatic carbocycles. The quantitative estimate of drug-likeness (QED) is 0.927. The van der Waals surface area contributed by atoms with E-state index in [2.05, 4.69) is 10.3 Å². The van der Waals surface area contributed by atoms with Crippen molar-refractivity contribution in [2.45, 2.75) is 32.2 Å². The second-order valence-corrected chi connectivity index (χ2v) is 5.80. The van der Waals surface area contributed by atoms with Gasteiger partial charge < -0.3 is 5.32 Å². The van der Waals surface area contributed by atoms with Crippen molar-refractivity contribution < 1.29 is 9.18 Å². The number of hydrogen-bond acceptors (Lipinski definition) is 2. The van der Waals surface area contributed by atoms with E-state index in [1.54, 1.807) is 24.5 Å². The summed E-state index contributed by atoms with van der Waals surface area (Å²) in [6.45, 7) is 1.83. The molecule has 3 rings (SSSR count). The van der Waals surface area contributed by atoms with Gasteiger partial charge in [0, 0.05) is 24.4 Å². The number of amides is 1. The largest absolute Gasteiger partial charge is 0.349 e. The van der Waals surface area contributed by atoms with Crippen LogP contribution in [-0.4, -0.2) is 10.9 Å². The highest BCUT2D eigenvalue weighted by Crippen LogP contribution is 2.37. The summed E-state index contributed by atoms with van der Waals surface area (Å²) >= 11 is 5.74. The maximum Gasteiger partial charge on any atom is 0.220 e. The van der Waals surface area contributed by atoms with Crippen LogP contribution in [0.5, 0.6) is 0 Å². The number of rotatable bonds is 3. The molecule has 0 radical (unpaired) electrons. The van der Waals surface area contributed by atoms with Crippen molar-refractivity contribution in [2.24, 2.45) is 0 Å². The number of carbonyl (C=O) groups is 1. The van der Waals surface area contributed by atoms with Crippen molar-refractivity contribution in [3.05, 3.63) is 52.6 Å². The van der Waals surface area contributed by atoms with Gasteiger partial charge in [0.1, 0.15) is 5.82 Å². The van der Waals surface area contributed by atoms with Crippen LogP contribution in [0.3, 0.4) is 0 Å². The highest BCUT2D eigenvalue weighted by Gasteiger charge is 2.26. The minimum atomic E-state index is -0.439. The Balaban J connectivity index is 1.99. The van der Waals surface area contributed by atoms with Crippen LogP contribution in [0.4, 0.5) is 4.39 Å². The second kappa shape index (κ2) is 6.05. The van der Waals surface area contributed by atoms with Gasteiger partial charge in [-0.1, -0.05) is 24.6 Å². The van der Waals surface area contributed by atoms with Crippen LogP contribution < -0.4 is 5.32 Å². The molecule has 22 heavy (non-hydrogen) atoms. The number of aromatic nitrogens is 1. The predicted molar refractivity (Wildman–Crippen MR) is 84.1 cm³/mol. The van der Waals surface area contributed by atoms with Crippen LogP contribution in [-0.2, 0) is 11.2 Å². The summed E-state index contributed by atoms with van der Waals surface area (Å²) in [5.74, 6) is -0.411. The first kappa shape index (κ1) is 15.0. The maximum absolute atomic E-state index is 13.7. The fourth-order valence-electron chi connectivity index (χ4n) is 2.89. The maximum atomic E-state index is 13.7. The molecule has 0 saturated heterocycles. The van der Waals surface area contributed by atoms with Crippen molar-refractivity contribution >= 4 is 17.5 Å². The highest BCUT2D eigenvalue weighted by atomic mass is 35.5. The molecule has 0 unspecified atom stereocenters. The van der Waals surface area contributed by atoms with Crippen molar-refractivity contribution in [3.8, 4) is 11.1 Å². The lowest BCUT2D eigenvalue weighted by Crippen LogP contribution is -2.26. The van der Waals surface area contributed by atoms with Gasteiger partial charge in [-0.2, -0.15) is 0 Å². The van der Waals surface area contributed by atoms with Crippen LogP contribution in [0, 0.1) is 5.82 Å². The Kier molecular flexibility index (Phi) is 4.12. The second-order valence-electron chi connectivity index (χ2n) is 5.40. The molecular formula is C17H16ClFN2O. The van der Waals surface area contributed by atoms with Crippen LogP contribution in [0.15, 0.2) is 30.6 Å². The van der Waals surface area contributed by atoms with Crippen LogP contribution in [0.1, 0.15) is 36.9 Å². The molecule has 0 spiro atoms. The molecule has 114 valence electrons. The van der Waals surface area contributed by atoms with Crippen molar-refractivity contribution in [3.63, 3.8) is 0 Å². The molecule has 5 heteroatoms. The van der Waals surface area contributed by atoms with Gasteiger partial charge in [0.15, 0.2) is 0 Å². The number of pyridine rings is 1. The molecule has 1 heterocycles. The number of benzene rings is 1. The Morgan fingerprint density at radius 3 is 3.00 bits per heavy atom. The third-order valence-corrected chi connectivity index (χ3v) is 4.34. The Hall–Kier alpha value is -1.94. The molecule has 1 aliphatic rings. The Morgan fingerprint density at radius 2 is 2.27 bits per heavy atom. The summed E-state index contributed by atoms with van der Waals surface area (Å²) in [6, 6.07) is 4.77. The van der Waals surface area contributed by atoms with Crippen LogP contribution in [0.2, 0.25) is 5.02 Å². The van der Waals surface area contributed by atoms with E-state index >= 15 is 0 Å². The smallest absolute Gasteiger partial charge is 0.220 e. The van der Waals surface area contributed by atoms with Gasteiger partial charge in [-0.3, -0.25) is 9.78 Å². The first-order valence-corrected chi connectivity index (χ1v) is 7.69. The zero-order valence-corrected chi connectivity index (χ0v) is 13.0. The normalized spacial score (nSPS) is 16.4. The van der Waals surface area contributed by atoms with E-state index < -0.39 is 5.82 Å². The van der Waals surface area contributed by atoms with Crippen molar-refractivity contribution in [1.82, 2.24) is 10.3 Å². The van der Waals surface area contributed by atoms with Gasteiger partial charge in [0.25, 0.3) is 0 Å². The summed E-state index contributed by atoms with van der Waals surface area (Å²) in [7, 11) is 0. The molecule has 0 saturated carbocycles. The van der Waals surface area contributed by atoms with E-state index in [0.717, 1.165) is 35.1 Å². The number of carbonyl (C=O) groups excluding carboxylic acids is 1. The third-order valence-electron chi connectivity index (χ3n) is 4.04. The Morgan fingerprint density at radius 1 is 1.45 bits per heavy atom. The highest BCUT2D eigenvalue weighted by molar-refractivity contribution is 6.30. The minimum absolute atomic E-state index is 0.00736. The Labute approximate surface area is 133 Å². The molecule has 1 N–H and O–H groups in total. The zero-order chi connectivity index (χ0) is 15.7. The molecule has 0 aliphatic heterocycles. The minimum Gasteiger partial charge on any atom is -0.349 e. The van der Waals surface area contributed by atoms with Crippen molar-refractivity contribution in [1.29, 1.82) is 0 Å². The van der Waals surface area contributed by atoms with Gasteiger partial charge in [-0.15, -0.1) is 0 Å². The van der Waals surface area contributed by atoms with E-state index in [4.69, 9.17) is 11.6 Å². The zero-order valence-electron chi connectivity index (χ0n) is 12.2. The van der Waals surface area contributed by atoms with Gasteiger partial charge in [-0.05, 0) is 41.7 Å². The summed E-state index contributed by atoms with van der Waals surface area (Å²) in [4.78, 5) is 15.9. The van der Waals surface area contributed by atoms with Crippen molar-refractivity contribution in [2.75, 3.05) is 0 Å². The fraction of sp³-hybridized carbons (Fsp3) is 0.294. The lowest BCUT2D eigenvalue weighted by Gasteiger charge is -2.14. The molecule has 0 bridgehead atoms. The summed E-state index contributed by atoms with van der Waals surface area (Å²) < 4.78 is 13.7. The number of halogens is 2. The number of nitrogens with one attached hydrogen (secondary N) is 1.